The van der Waals surface area contributed by atoms with Crippen molar-refractivity contribution in [3.63, 3.8) is 0 Å². The molecule has 14 N–H and O–H groups in total. The molecule has 86 heavy (non-hydrogen) atoms. The first-order valence-electron chi connectivity index (χ1n) is 25.1. The number of fused-ring (bicyclic) bond motifs is 2. The number of aliphatic hydroxyl groups is 6. The molecule has 38 nitrogen and oxygen atoms in total. The van der Waals surface area contributed by atoms with Gasteiger partial charge in [0.25, 0.3) is 0 Å². The monoisotopic (exact) mass is 1350 g/mol. The number of carbonyl (C=O) groups excluding carboxylic acids is 3. The van der Waals surface area contributed by atoms with Crippen LogP contribution in [-0.2, 0) is 107 Å². The summed E-state index contributed by atoms with van der Waals surface area (Å²) >= 11 is 9.68. The normalized spacial score (nSPS) is 33.9. The Balaban J connectivity index is 0.000000278. The molecule has 0 radical (unpaired) electrons. The van der Waals surface area contributed by atoms with E-state index in [0.717, 1.165) is 20.2 Å². The second-order valence-corrected chi connectivity index (χ2v) is 28.0. The Labute approximate surface area is 497 Å². The van der Waals surface area contributed by atoms with Crippen LogP contribution in [0.3, 0.4) is 0 Å². The van der Waals surface area contributed by atoms with Crippen LogP contribution in [0.1, 0.15) is 67.8 Å². The van der Waals surface area contributed by atoms with Gasteiger partial charge in [-0.2, -0.15) is 0 Å². The number of hydrogen-bond acceptors (Lipinski definition) is 34. The molecule has 8 rings (SSSR count). The summed E-state index contributed by atoms with van der Waals surface area (Å²) in [5.41, 5.74) is 12.4. The van der Waals surface area contributed by atoms with E-state index in [1.54, 1.807) is 6.92 Å². The molecule has 0 bridgehead atoms. The summed E-state index contributed by atoms with van der Waals surface area (Å²) in [5, 5.41) is 59.5. The van der Waals surface area contributed by atoms with Gasteiger partial charge < -0.3 is 104 Å². The summed E-state index contributed by atoms with van der Waals surface area (Å²) in [6.45, 7) is -2.58. The summed E-state index contributed by atoms with van der Waals surface area (Å²) in [6.07, 6.45) is -17.7. The van der Waals surface area contributed by atoms with E-state index in [1.165, 1.54) is 35.0 Å². The van der Waals surface area contributed by atoms with E-state index in [9.17, 15) is 73.7 Å². The van der Waals surface area contributed by atoms with Crippen molar-refractivity contribution in [2.24, 2.45) is 11.8 Å². The average Bonchev–Trinajstić information content (AvgIpc) is 1.82. The first-order chi connectivity index (χ1) is 39.7. The quantitative estimate of drug-likeness (QED) is 0.0262. The van der Waals surface area contributed by atoms with E-state index in [4.69, 9.17) is 86.1 Å². The van der Waals surface area contributed by atoms with E-state index in [2.05, 4.69) is 38.7 Å². The van der Waals surface area contributed by atoms with Crippen LogP contribution in [0.25, 0.3) is 22.3 Å². The summed E-state index contributed by atoms with van der Waals surface area (Å²) in [7, 11) is -10.6. The number of ether oxygens (including phenoxy) is 7. The van der Waals surface area contributed by atoms with Crippen molar-refractivity contribution in [1.29, 1.82) is 0 Å². The number of esters is 3. The topological polar surface area (TPSA) is 547 Å². The molecule has 4 aromatic heterocycles. The first kappa shape index (κ1) is 71.1. The Morgan fingerprint density at radius 3 is 1.52 bits per heavy atom. The molecule has 0 saturated carbocycles. The molecule has 44 heteroatoms. The number of nitrogen functional groups attached to an aromatic ring is 2. The minimum Gasteiger partial charge on any atom is -0.457 e. The number of nitrogens with two attached hydrogens (primary N) is 2. The Kier molecular flexibility index (Phi) is 23.9. The highest BCUT2D eigenvalue weighted by Gasteiger charge is 2.53. The van der Waals surface area contributed by atoms with Crippen LogP contribution < -0.4 is 11.5 Å². The zero-order valence-electron chi connectivity index (χ0n) is 45.2. The standard InChI is InChI=1S/C25H37N5O14P2S.C16H25N5O14P2S.CH4/c1-7-16-11(2)12(3)19(38-13(4)31)25(42-16)43-45(34,35)44-46(36,47)37-8-17-20(39-14(5)32)21(40-15(6)33)24(41-17)30-10-29-18-22(26)27-9-28-23(18)30;17-13-7-14(19-3-18-13)21(4-20-7)15-11(26)9(24)6(32-15)2-31-37(30,38)35-36(28,29)34-16-12(27)10(25)8(23)5(1-22)33-16;/h9-12,16-17,19-21,24-25H,7-8H2,1-6H3,(H,34,35)(H,36,47)(H2,26,27,28);3-6,8-12,15-16,22-27H,1-2H2,(H,28,29)(H,30,38)(H2,17,18,19);1H4/t11-,12-,16?,17+,19?,20-,21?,24+,25-,46?;5?,6-,8-,9+,10+,11?,12?,15-,16+,37?;/m01./s1. The van der Waals surface area contributed by atoms with Crippen molar-refractivity contribution in [3.8, 4) is 0 Å². The highest BCUT2D eigenvalue weighted by atomic mass is 32.5. The fraction of sp³-hybridized carbons (Fsp3) is 0.690. The van der Waals surface area contributed by atoms with Crippen LogP contribution >= 0.6 is 29.1 Å². The van der Waals surface area contributed by atoms with Gasteiger partial charge in [-0.15, -0.1) is 0 Å². The van der Waals surface area contributed by atoms with Crippen LogP contribution in [0.15, 0.2) is 25.3 Å². The number of rotatable bonds is 21. The van der Waals surface area contributed by atoms with Crippen LogP contribution in [-0.4, -0.2) is 213 Å². The molecule has 10 unspecified atom stereocenters. The van der Waals surface area contributed by atoms with Gasteiger partial charge in [0, 0.05) is 26.7 Å². The smallest absolute Gasteiger partial charge is 0.457 e. The number of phosphoric acid groups is 2. The maximum absolute atomic E-state index is 13.1. The number of aliphatic hydroxyl groups excluding tert-OH is 6. The molecule has 0 aromatic carbocycles. The van der Waals surface area contributed by atoms with E-state index >= 15 is 0 Å². The van der Waals surface area contributed by atoms with Gasteiger partial charge in [0.05, 0.1) is 38.6 Å². The number of hydrogen-bond donors (Lipinski definition) is 12. The molecular formula is C42H66N10O28P4S2. The van der Waals surface area contributed by atoms with E-state index in [1.807, 2.05) is 13.8 Å². The molecule has 0 amide bonds. The zero-order valence-corrected chi connectivity index (χ0v) is 50.4. The molecule has 4 saturated heterocycles. The summed E-state index contributed by atoms with van der Waals surface area (Å²) in [5.74, 6) is -2.51. The molecule has 8 heterocycles. The molecule has 22 atom stereocenters. The Morgan fingerprint density at radius 1 is 0.581 bits per heavy atom. The van der Waals surface area contributed by atoms with Crippen molar-refractivity contribution in [2.45, 2.75) is 154 Å². The first-order valence-corrected chi connectivity index (χ1v) is 33.2. The second-order valence-electron chi connectivity index (χ2n) is 19.2. The lowest BCUT2D eigenvalue weighted by Crippen LogP contribution is -2.58. The van der Waals surface area contributed by atoms with Crippen molar-refractivity contribution in [2.75, 3.05) is 31.3 Å². The largest absolute Gasteiger partial charge is 0.481 e. The summed E-state index contributed by atoms with van der Waals surface area (Å²) in [6, 6.07) is 0. The fourth-order valence-electron chi connectivity index (χ4n) is 9.19. The third kappa shape index (κ3) is 16.9. The Morgan fingerprint density at radius 2 is 1.02 bits per heavy atom. The van der Waals surface area contributed by atoms with Gasteiger partial charge in [-0.3, -0.25) is 32.6 Å². The maximum atomic E-state index is 13.1. The number of anilines is 2. The van der Waals surface area contributed by atoms with Crippen LogP contribution in [0.5, 0.6) is 0 Å². The number of imidazole rings is 2. The minimum atomic E-state index is -5.36. The fourth-order valence-corrected chi connectivity index (χ4v) is 15.4. The molecule has 4 aliphatic heterocycles. The molecule has 0 aliphatic carbocycles. The van der Waals surface area contributed by atoms with Gasteiger partial charge >= 0.3 is 47.0 Å². The van der Waals surface area contributed by atoms with Crippen molar-refractivity contribution in [1.82, 2.24) is 39.0 Å². The number of nitrogens with zero attached hydrogens (tertiary/aromatic N) is 8. The van der Waals surface area contributed by atoms with Gasteiger partial charge in [0.1, 0.15) is 72.5 Å². The van der Waals surface area contributed by atoms with Crippen molar-refractivity contribution in [3.05, 3.63) is 25.3 Å². The number of carbonyl (C=O) groups is 3. The lowest BCUT2D eigenvalue weighted by atomic mass is 9.82. The summed E-state index contributed by atoms with van der Waals surface area (Å²) in [4.78, 5) is 102. The van der Waals surface area contributed by atoms with E-state index < -0.39 is 165 Å². The van der Waals surface area contributed by atoms with E-state index in [-0.39, 0.29) is 53.2 Å². The second kappa shape index (κ2) is 28.9. The van der Waals surface area contributed by atoms with Gasteiger partial charge in [-0.05, 0) is 36.0 Å². The maximum Gasteiger partial charge on any atom is 0.481 e. The Hall–Kier alpha value is -3.93. The summed E-state index contributed by atoms with van der Waals surface area (Å²) < 4.78 is 96.2. The van der Waals surface area contributed by atoms with Crippen LogP contribution in [0.2, 0.25) is 0 Å². The molecule has 0 spiro atoms. The van der Waals surface area contributed by atoms with Crippen LogP contribution in [0.4, 0.5) is 11.6 Å². The third-order valence-corrected chi connectivity index (χ3v) is 20.3. The molecule has 484 valence electrons. The zero-order chi connectivity index (χ0) is 62.8. The molecule has 4 aliphatic rings. The van der Waals surface area contributed by atoms with Gasteiger partial charge in [-0.1, -0.05) is 28.2 Å². The molecular weight excluding hydrogens is 1280 g/mol. The number of aromatic nitrogens is 8. The van der Waals surface area contributed by atoms with Gasteiger partial charge in [-0.25, -0.2) is 47.7 Å². The minimum absolute atomic E-state index is 0. The highest BCUT2D eigenvalue weighted by Crippen LogP contribution is 2.63. The SMILES string of the molecule is C.CCC1O[C@@H](OP(=O)(O)OP(O)(=S)OC[C@H]2O[C@@H](n3cnc4c(N)ncnc43)C(OC(C)=O)[C@H]2OC(C)=O)C(OC(C)=O)[C@@H](C)[C@@H]1C.Nc1ncnc2c1ncn2[C@@H]1O[C@H](COP(O)(=S)OP(=O)(O)O[C@@H]2OC(CO)[C@@H](O)[C@H](O)C2O)[C@H](O)C1O. The van der Waals surface area contributed by atoms with E-state index in [0.29, 0.717) is 6.42 Å². The van der Waals surface area contributed by atoms with Crippen molar-refractivity contribution >= 4 is 105 Å². The number of phosphoric ester groups is 2. The highest BCUT2D eigenvalue weighted by molar-refractivity contribution is 8.08. The predicted octanol–water partition coefficient (Wildman–Crippen LogP) is -1.29. The lowest BCUT2D eigenvalue weighted by Gasteiger charge is -2.43. The third-order valence-electron chi connectivity index (χ3n) is 13.3. The predicted molar refractivity (Wildman–Crippen MR) is 293 cm³/mol. The van der Waals surface area contributed by atoms with Gasteiger partial charge in [0.2, 0.25) is 6.29 Å². The Bertz CT molecular complexity index is 3230. The van der Waals surface area contributed by atoms with Crippen LogP contribution in [0, 0.1) is 11.8 Å². The molecule has 4 aromatic rings. The average molecular weight is 1350 g/mol. The van der Waals surface area contributed by atoms with Gasteiger partial charge in [0.15, 0.2) is 60.0 Å². The lowest BCUT2D eigenvalue weighted by molar-refractivity contribution is -0.280. The molecule has 4 fully saturated rings. The van der Waals surface area contributed by atoms with Crippen molar-refractivity contribution < 1.29 is 134 Å².